The molecule has 0 aromatic rings. The van der Waals surface area contributed by atoms with Gasteiger partial charge in [-0.05, 0) is 38.6 Å². The van der Waals surface area contributed by atoms with Gasteiger partial charge in [-0.15, -0.1) is 0 Å². The van der Waals surface area contributed by atoms with Crippen molar-refractivity contribution in [3.05, 3.63) is 0 Å². The number of hydrogen-bond acceptors (Lipinski definition) is 3. The van der Waals surface area contributed by atoms with Crippen LogP contribution >= 0.6 is 11.8 Å². The Morgan fingerprint density at radius 3 is 2.71 bits per heavy atom. The van der Waals surface area contributed by atoms with Crippen LogP contribution in [0.3, 0.4) is 0 Å². The quantitative estimate of drug-likeness (QED) is 0.760. The molecule has 0 aliphatic heterocycles. The summed E-state index contributed by atoms with van der Waals surface area (Å²) in [5.41, 5.74) is 5.83. The second-order valence-corrected chi connectivity index (χ2v) is 5.31. The number of rotatable bonds is 5. The van der Waals surface area contributed by atoms with Gasteiger partial charge in [-0.2, -0.15) is 11.8 Å². The van der Waals surface area contributed by atoms with E-state index < -0.39 is 0 Å². The van der Waals surface area contributed by atoms with E-state index in [-0.39, 0.29) is 0 Å². The summed E-state index contributed by atoms with van der Waals surface area (Å²) in [6.07, 6.45) is 7.64. The monoisotopic (exact) mass is 216 g/mol. The Kier molecular flexibility index (Phi) is 5.90. The van der Waals surface area contributed by atoms with Gasteiger partial charge in [-0.25, -0.2) is 0 Å². The molecule has 0 heterocycles. The van der Waals surface area contributed by atoms with E-state index in [4.69, 9.17) is 5.73 Å². The molecule has 0 aromatic carbocycles. The highest BCUT2D eigenvalue weighted by atomic mass is 32.2. The molecule has 2 unspecified atom stereocenters. The van der Waals surface area contributed by atoms with Crippen molar-refractivity contribution in [3.63, 3.8) is 0 Å². The minimum absolute atomic E-state index is 0.746. The molecule has 0 saturated heterocycles. The average Bonchev–Trinajstić information content (AvgIpc) is 2.25. The van der Waals surface area contributed by atoms with Crippen LogP contribution < -0.4 is 5.73 Å². The van der Waals surface area contributed by atoms with Crippen molar-refractivity contribution in [2.24, 2.45) is 11.7 Å². The molecule has 2 N–H and O–H groups in total. The number of nitrogens with zero attached hydrogens (tertiary/aromatic N) is 1. The summed E-state index contributed by atoms with van der Waals surface area (Å²) < 4.78 is 0. The normalized spacial score (nSPS) is 28.3. The smallest absolute Gasteiger partial charge is 0.0133 e. The molecule has 14 heavy (non-hydrogen) atoms. The molecule has 0 aromatic heterocycles. The fraction of sp³-hybridized carbons (Fsp3) is 1.00. The van der Waals surface area contributed by atoms with Crippen LogP contribution in [0.2, 0.25) is 0 Å². The topological polar surface area (TPSA) is 29.3 Å². The highest BCUT2D eigenvalue weighted by Gasteiger charge is 2.26. The lowest BCUT2D eigenvalue weighted by molar-refractivity contribution is 0.140. The molecule has 1 aliphatic rings. The third-order valence-corrected chi connectivity index (χ3v) is 3.98. The Balaban J connectivity index is 2.37. The van der Waals surface area contributed by atoms with Crippen LogP contribution in [-0.2, 0) is 0 Å². The van der Waals surface area contributed by atoms with Gasteiger partial charge in [0.15, 0.2) is 0 Å². The van der Waals surface area contributed by atoms with Crippen LogP contribution in [0.4, 0.5) is 0 Å². The van der Waals surface area contributed by atoms with E-state index in [9.17, 15) is 0 Å². The fourth-order valence-electron chi connectivity index (χ4n) is 2.44. The molecule has 84 valence electrons. The Morgan fingerprint density at radius 1 is 1.36 bits per heavy atom. The van der Waals surface area contributed by atoms with Crippen molar-refractivity contribution >= 4 is 11.8 Å². The molecule has 1 saturated carbocycles. The van der Waals surface area contributed by atoms with E-state index in [1.165, 1.54) is 38.0 Å². The zero-order valence-corrected chi connectivity index (χ0v) is 10.4. The van der Waals surface area contributed by atoms with Crippen LogP contribution in [0.1, 0.15) is 25.7 Å². The Hall–Kier alpha value is 0.270. The molecule has 1 fully saturated rings. The van der Waals surface area contributed by atoms with Crippen molar-refractivity contribution in [1.29, 1.82) is 0 Å². The van der Waals surface area contributed by atoms with E-state index in [2.05, 4.69) is 18.2 Å². The fourth-order valence-corrected chi connectivity index (χ4v) is 2.91. The standard InChI is InChI=1S/C11H24N2S/c1-13(7-8-14-2)11-6-4-3-5-10(11)9-12/h10-11H,3-9,12H2,1-2H3. The summed E-state index contributed by atoms with van der Waals surface area (Å²) in [5.74, 6) is 1.99. The second kappa shape index (κ2) is 6.70. The van der Waals surface area contributed by atoms with E-state index in [0.29, 0.717) is 0 Å². The van der Waals surface area contributed by atoms with E-state index in [0.717, 1.165) is 18.5 Å². The van der Waals surface area contributed by atoms with Gasteiger partial charge in [0.25, 0.3) is 0 Å². The van der Waals surface area contributed by atoms with Gasteiger partial charge in [0.2, 0.25) is 0 Å². The van der Waals surface area contributed by atoms with Crippen molar-refractivity contribution < 1.29 is 0 Å². The Labute approximate surface area is 92.6 Å². The molecule has 1 rings (SSSR count). The summed E-state index contributed by atoms with van der Waals surface area (Å²) in [4.78, 5) is 2.52. The van der Waals surface area contributed by atoms with Gasteiger partial charge < -0.3 is 10.6 Å². The number of nitrogens with two attached hydrogens (primary N) is 1. The highest BCUT2D eigenvalue weighted by Crippen LogP contribution is 2.27. The molecule has 0 amide bonds. The Bertz CT molecular complexity index is 152. The summed E-state index contributed by atoms with van der Waals surface area (Å²) in [7, 11) is 2.26. The van der Waals surface area contributed by atoms with Gasteiger partial charge in [-0.3, -0.25) is 0 Å². The maximum atomic E-state index is 5.83. The summed E-state index contributed by atoms with van der Waals surface area (Å²) in [6.45, 7) is 2.08. The maximum Gasteiger partial charge on any atom is 0.0133 e. The summed E-state index contributed by atoms with van der Waals surface area (Å²) >= 11 is 1.93. The van der Waals surface area contributed by atoms with Crippen LogP contribution in [0, 0.1) is 5.92 Å². The SMILES string of the molecule is CSCCN(C)C1CCCCC1CN. The first kappa shape index (κ1) is 12.3. The number of thioether (sulfide) groups is 1. The van der Waals surface area contributed by atoms with Crippen LogP contribution in [0.5, 0.6) is 0 Å². The zero-order valence-electron chi connectivity index (χ0n) is 9.54. The molecular formula is C11H24N2S. The molecule has 2 nitrogen and oxygen atoms in total. The first-order chi connectivity index (χ1) is 6.79. The molecule has 0 spiro atoms. The lowest BCUT2D eigenvalue weighted by Gasteiger charge is -2.37. The molecular weight excluding hydrogens is 192 g/mol. The number of hydrogen-bond donors (Lipinski definition) is 1. The second-order valence-electron chi connectivity index (χ2n) is 4.32. The van der Waals surface area contributed by atoms with Crippen molar-refractivity contribution in [2.75, 3.05) is 32.1 Å². The van der Waals surface area contributed by atoms with Crippen LogP contribution in [-0.4, -0.2) is 43.1 Å². The van der Waals surface area contributed by atoms with Crippen molar-refractivity contribution in [1.82, 2.24) is 4.90 Å². The third kappa shape index (κ3) is 3.44. The van der Waals surface area contributed by atoms with Gasteiger partial charge >= 0.3 is 0 Å². The lowest BCUT2D eigenvalue weighted by atomic mass is 9.84. The summed E-state index contributed by atoms with van der Waals surface area (Å²) in [5, 5.41) is 0. The van der Waals surface area contributed by atoms with Gasteiger partial charge in [0.05, 0.1) is 0 Å². The lowest BCUT2D eigenvalue weighted by Crippen LogP contribution is -2.43. The van der Waals surface area contributed by atoms with Gasteiger partial charge in [-0.1, -0.05) is 12.8 Å². The predicted octanol–water partition coefficient (Wildman–Crippen LogP) is 1.80. The summed E-state index contributed by atoms with van der Waals surface area (Å²) in [6, 6.07) is 0.751. The molecule has 3 heteroatoms. The molecule has 2 atom stereocenters. The van der Waals surface area contributed by atoms with Crippen LogP contribution in [0.15, 0.2) is 0 Å². The highest BCUT2D eigenvalue weighted by molar-refractivity contribution is 7.98. The van der Waals surface area contributed by atoms with E-state index in [1.54, 1.807) is 0 Å². The van der Waals surface area contributed by atoms with Crippen LogP contribution in [0.25, 0.3) is 0 Å². The molecule has 0 bridgehead atoms. The van der Waals surface area contributed by atoms with Gasteiger partial charge in [0.1, 0.15) is 0 Å². The Morgan fingerprint density at radius 2 is 2.07 bits per heavy atom. The van der Waals surface area contributed by atoms with Crippen molar-refractivity contribution in [2.45, 2.75) is 31.7 Å². The zero-order chi connectivity index (χ0) is 10.4. The third-order valence-electron chi connectivity index (χ3n) is 3.39. The predicted molar refractivity (Wildman–Crippen MR) is 65.8 cm³/mol. The van der Waals surface area contributed by atoms with Crippen molar-refractivity contribution in [3.8, 4) is 0 Å². The average molecular weight is 216 g/mol. The first-order valence-corrected chi connectivity index (χ1v) is 7.08. The molecule has 0 radical (unpaired) electrons. The van der Waals surface area contributed by atoms with E-state index in [1.807, 2.05) is 11.8 Å². The minimum atomic E-state index is 0.746. The largest absolute Gasteiger partial charge is 0.330 e. The maximum absolute atomic E-state index is 5.83. The first-order valence-electron chi connectivity index (χ1n) is 5.68. The molecule has 1 aliphatic carbocycles. The van der Waals surface area contributed by atoms with E-state index >= 15 is 0 Å². The minimum Gasteiger partial charge on any atom is -0.330 e. The van der Waals surface area contributed by atoms with Gasteiger partial charge in [0, 0.05) is 18.3 Å².